The molecule has 0 aliphatic carbocycles. The molecule has 158 valence electrons. The number of alkyl halides is 3. The Morgan fingerprint density at radius 1 is 1.10 bits per heavy atom. The number of aromatic nitrogens is 1. The number of unbranched alkanes of at least 4 members (excludes halogenated alkanes) is 3. The SMILES string of the molecule is CN1CCCN(CCCCCCSc2ccnc3cc(C(F)(F)F)ccc23)C1=O. The monoisotopic (exact) mass is 425 g/mol. The van der Waals surface area contributed by atoms with Crippen LogP contribution in [0.1, 0.15) is 37.7 Å². The molecule has 0 atom stereocenters. The number of carbonyl (C=O) groups excluding carboxylic acids is 1. The Morgan fingerprint density at radius 2 is 1.90 bits per heavy atom. The van der Waals surface area contributed by atoms with Gasteiger partial charge in [-0.2, -0.15) is 13.2 Å². The summed E-state index contributed by atoms with van der Waals surface area (Å²) < 4.78 is 38.6. The molecule has 0 radical (unpaired) electrons. The number of nitrogens with zero attached hydrogens (tertiary/aromatic N) is 3. The molecule has 0 N–H and O–H groups in total. The minimum Gasteiger partial charge on any atom is -0.328 e. The fraction of sp³-hybridized carbons (Fsp3) is 0.524. The molecule has 1 fully saturated rings. The number of rotatable bonds is 8. The van der Waals surface area contributed by atoms with Gasteiger partial charge in [0.15, 0.2) is 0 Å². The van der Waals surface area contributed by atoms with Crippen molar-refractivity contribution in [3.8, 4) is 0 Å². The highest BCUT2D eigenvalue weighted by Gasteiger charge is 2.30. The second-order valence-corrected chi connectivity index (χ2v) is 8.48. The second-order valence-electron chi connectivity index (χ2n) is 7.35. The lowest BCUT2D eigenvalue weighted by Crippen LogP contribution is -2.47. The predicted molar refractivity (Wildman–Crippen MR) is 110 cm³/mol. The summed E-state index contributed by atoms with van der Waals surface area (Å²) in [6.45, 7) is 2.50. The van der Waals surface area contributed by atoms with E-state index < -0.39 is 11.7 Å². The van der Waals surface area contributed by atoms with Gasteiger partial charge in [-0.1, -0.05) is 18.9 Å². The van der Waals surface area contributed by atoms with Gasteiger partial charge in [0.1, 0.15) is 0 Å². The molecule has 3 rings (SSSR count). The van der Waals surface area contributed by atoms with E-state index >= 15 is 0 Å². The maximum atomic E-state index is 12.9. The van der Waals surface area contributed by atoms with Crippen molar-refractivity contribution in [2.24, 2.45) is 0 Å². The van der Waals surface area contributed by atoms with Crippen LogP contribution < -0.4 is 0 Å². The number of thioether (sulfide) groups is 1. The van der Waals surface area contributed by atoms with Crippen molar-refractivity contribution in [2.45, 2.75) is 43.2 Å². The molecular weight excluding hydrogens is 399 g/mol. The van der Waals surface area contributed by atoms with Gasteiger partial charge in [0.2, 0.25) is 0 Å². The highest BCUT2D eigenvalue weighted by Crippen LogP contribution is 2.33. The summed E-state index contributed by atoms with van der Waals surface area (Å²) in [4.78, 5) is 20.8. The molecule has 4 nitrogen and oxygen atoms in total. The van der Waals surface area contributed by atoms with E-state index in [1.165, 1.54) is 6.07 Å². The molecule has 8 heteroatoms. The summed E-state index contributed by atoms with van der Waals surface area (Å²) in [6.07, 6.45) is 2.42. The Kier molecular flexibility index (Phi) is 7.27. The summed E-state index contributed by atoms with van der Waals surface area (Å²) in [6, 6.07) is 5.73. The normalized spacial score (nSPS) is 15.4. The van der Waals surface area contributed by atoms with Gasteiger partial charge in [-0.05, 0) is 43.2 Å². The Morgan fingerprint density at radius 3 is 2.69 bits per heavy atom. The quantitative estimate of drug-likeness (QED) is 0.404. The van der Waals surface area contributed by atoms with Crippen LogP contribution in [0.4, 0.5) is 18.0 Å². The van der Waals surface area contributed by atoms with Gasteiger partial charge < -0.3 is 9.80 Å². The summed E-state index contributed by atoms with van der Waals surface area (Å²) in [5.74, 6) is 0.908. The van der Waals surface area contributed by atoms with Gasteiger partial charge in [0, 0.05) is 43.2 Å². The largest absolute Gasteiger partial charge is 0.416 e. The zero-order valence-electron chi connectivity index (χ0n) is 16.5. The molecule has 0 bridgehead atoms. The Hall–Kier alpha value is -1.96. The average Bonchev–Trinajstić information content (AvgIpc) is 2.69. The van der Waals surface area contributed by atoms with Crippen molar-refractivity contribution in [3.05, 3.63) is 36.0 Å². The molecule has 1 aliphatic rings. The molecule has 1 aromatic heterocycles. The molecular formula is C21H26F3N3OS. The van der Waals surface area contributed by atoms with E-state index in [9.17, 15) is 18.0 Å². The van der Waals surface area contributed by atoms with Gasteiger partial charge in [-0.3, -0.25) is 4.98 Å². The number of urea groups is 1. The number of amides is 2. The van der Waals surface area contributed by atoms with Gasteiger partial charge in [0.25, 0.3) is 0 Å². The molecule has 0 spiro atoms. The highest BCUT2D eigenvalue weighted by atomic mass is 32.2. The Balaban J connectivity index is 1.41. The number of pyridine rings is 1. The summed E-state index contributed by atoms with van der Waals surface area (Å²) in [5, 5.41) is 0.762. The second kappa shape index (κ2) is 9.69. The zero-order valence-corrected chi connectivity index (χ0v) is 17.4. The number of carbonyl (C=O) groups is 1. The minimum atomic E-state index is -4.35. The first kappa shape index (κ1) is 21.7. The van der Waals surface area contributed by atoms with E-state index in [1.54, 1.807) is 22.9 Å². The van der Waals surface area contributed by atoms with E-state index in [0.717, 1.165) is 79.9 Å². The van der Waals surface area contributed by atoms with Gasteiger partial charge in [0.05, 0.1) is 11.1 Å². The predicted octanol–water partition coefficient (Wildman–Crippen LogP) is 5.66. The van der Waals surface area contributed by atoms with Crippen molar-refractivity contribution in [3.63, 3.8) is 0 Å². The molecule has 2 aromatic rings. The van der Waals surface area contributed by atoms with Crippen molar-refractivity contribution in [1.29, 1.82) is 0 Å². The first-order chi connectivity index (χ1) is 13.9. The lowest BCUT2D eigenvalue weighted by Gasteiger charge is -2.33. The number of halogens is 3. The lowest BCUT2D eigenvalue weighted by atomic mass is 10.1. The fourth-order valence-electron chi connectivity index (χ4n) is 3.50. The zero-order chi connectivity index (χ0) is 20.9. The smallest absolute Gasteiger partial charge is 0.328 e. The van der Waals surface area contributed by atoms with Crippen LogP contribution in [0.2, 0.25) is 0 Å². The number of fused-ring (bicyclic) bond motifs is 1. The maximum Gasteiger partial charge on any atom is 0.416 e. The molecule has 1 aromatic carbocycles. The van der Waals surface area contributed by atoms with Crippen LogP contribution in [0.15, 0.2) is 35.4 Å². The summed E-state index contributed by atoms with van der Waals surface area (Å²) >= 11 is 1.66. The Bertz CT molecular complexity index is 844. The van der Waals surface area contributed by atoms with Crippen LogP contribution in [-0.2, 0) is 6.18 Å². The molecule has 0 unspecified atom stereocenters. The van der Waals surface area contributed by atoms with Gasteiger partial charge in [-0.25, -0.2) is 4.79 Å². The van der Waals surface area contributed by atoms with Crippen LogP contribution in [0, 0.1) is 0 Å². The van der Waals surface area contributed by atoms with Crippen LogP contribution in [0.3, 0.4) is 0 Å². The molecule has 2 amide bonds. The molecule has 29 heavy (non-hydrogen) atoms. The van der Waals surface area contributed by atoms with E-state index in [4.69, 9.17) is 0 Å². The number of hydrogen-bond donors (Lipinski definition) is 0. The van der Waals surface area contributed by atoms with Crippen molar-refractivity contribution < 1.29 is 18.0 Å². The van der Waals surface area contributed by atoms with Gasteiger partial charge >= 0.3 is 12.2 Å². The van der Waals surface area contributed by atoms with Crippen LogP contribution in [0.25, 0.3) is 10.9 Å². The third-order valence-electron chi connectivity index (χ3n) is 5.13. The molecule has 1 saturated heterocycles. The van der Waals surface area contributed by atoms with Crippen molar-refractivity contribution in [1.82, 2.24) is 14.8 Å². The fourth-order valence-corrected chi connectivity index (χ4v) is 4.56. The minimum absolute atomic E-state index is 0.130. The molecule has 0 saturated carbocycles. The van der Waals surface area contributed by atoms with E-state index in [1.807, 2.05) is 18.0 Å². The van der Waals surface area contributed by atoms with Crippen LogP contribution >= 0.6 is 11.8 Å². The number of hydrogen-bond acceptors (Lipinski definition) is 3. The topological polar surface area (TPSA) is 36.4 Å². The standard InChI is InChI=1S/C21H26F3N3OS/c1-26-11-6-13-27(20(26)28)12-4-2-3-5-14-29-19-9-10-25-18-15-16(21(22,23)24)7-8-17(18)19/h7-10,15H,2-6,11-14H2,1H3. The van der Waals surface area contributed by atoms with E-state index in [-0.39, 0.29) is 6.03 Å². The third kappa shape index (κ3) is 5.78. The highest BCUT2D eigenvalue weighted by molar-refractivity contribution is 7.99. The van der Waals surface area contributed by atoms with Crippen molar-refractivity contribution in [2.75, 3.05) is 32.4 Å². The molecule has 1 aliphatic heterocycles. The first-order valence-corrected chi connectivity index (χ1v) is 10.9. The first-order valence-electron chi connectivity index (χ1n) is 9.95. The Labute approximate surface area is 173 Å². The third-order valence-corrected chi connectivity index (χ3v) is 6.29. The van der Waals surface area contributed by atoms with Crippen molar-refractivity contribution >= 4 is 28.7 Å². The lowest BCUT2D eigenvalue weighted by molar-refractivity contribution is -0.137. The van der Waals surface area contributed by atoms with Crippen LogP contribution in [0.5, 0.6) is 0 Å². The summed E-state index contributed by atoms with van der Waals surface area (Å²) in [5.41, 5.74) is -0.293. The van der Waals surface area contributed by atoms with E-state index in [0.29, 0.717) is 5.52 Å². The molecule has 2 heterocycles. The number of benzene rings is 1. The van der Waals surface area contributed by atoms with Crippen LogP contribution in [-0.4, -0.2) is 53.2 Å². The summed E-state index contributed by atoms with van der Waals surface area (Å²) in [7, 11) is 1.85. The van der Waals surface area contributed by atoms with Gasteiger partial charge in [-0.15, -0.1) is 11.8 Å². The maximum absolute atomic E-state index is 12.9. The average molecular weight is 426 g/mol. The van der Waals surface area contributed by atoms with E-state index in [2.05, 4.69) is 4.98 Å².